The van der Waals surface area contributed by atoms with Crippen LogP contribution in [0.1, 0.15) is 48.0 Å². The van der Waals surface area contributed by atoms with E-state index in [1.54, 1.807) is 18.4 Å². The Bertz CT molecular complexity index is 1760. The number of benzene rings is 2. The van der Waals surface area contributed by atoms with Crippen molar-refractivity contribution in [2.45, 2.75) is 40.7 Å². The molecular weight excluding hydrogens is 518 g/mol. The molecule has 0 bridgehead atoms. The molecule has 0 N–H and O–H groups in total. The minimum atomic E-state index is -0.616. The van der Waals surface area contributed by atoms with Crippen molar-refractivity contribution < 1.29 is 9.53 Å². The van der Waals surface area contributed by atoms with Crippen molar-refractivity contribution in [2.24, 2.45) is 4.99 Å². The van der Waals surface area contributed by atoms with E-state index in [4.69, 9.17) is 16.3 Å². The molecule has 0 fully saturated rings. The van der Waals surface area contributed by atoms with E-state index in [-0.39, 0.29) is 12.2 Å². The molecule has 4 aromatic rings. The number of rotatable bonds is 5. The fraction of sp³-hybridized carbons (Fsp3) is 0.233. The molecule has 1 aliphatic rings. The van der Waals surface area contributed by atoms with Crippen molar-refractivity contribution in [1.29, 1.82) is 0 Å². The average Bonchev–Trinajstić information content (AvgIpc) is 3.34. The highest BCUT2D eigenvalue weighted by molar-refractivity contribution is 7.07. The molecule has 1 aliphatic heterocycles. The second kappa shape index (κ2) is 10.2. The van der Waals surface area contributed by atoms with Crippen LogP contribution in [0.3, 0.4) is 0 Å². The maximum atomic E-state index is 13.9. The van der Waals surface area contributed by atoms with Gasteiger partial charge in [-0.2, -0.15) is 0 Å². The third-order valence-corrected chi connectivity index (χ3v) is 7.99. The Labute approximate surface area is 229 Å². The zero-order chi connectivity index (χ0) is 27.1. The highest BCUT2D eigenvalue weighted by atomic mass is 35.5. The lowest BCUT2D eigenvalue weighted by molar-refractivity contribution is -0.139. The van der Waals surface area contributed by atoms with Crippen molar-refractivity contribution in [2.75, 3.05) is 6.61 Å². The molecule has 1 atom stereocenters. The fourth-order valence-corrected chi connectivity index (χ4v) is 6.08. The van der Waals surface area contributed by atoms with Gasteiger partial charge in [0.1, 0.15) is 0 Å². The molecular formula is C30H28ClN3O3S. The summed E-state index contributed by atoms with van der Waals surface area (Å²) in [5, 5.41) is 0.679. The van der Waals surface area contributed by atoms with Gasteiger partial charge in [-0.05, 0) is 82.2 Å². The third kappa shape index (κ3) is 4.57. The Morgan fingerprint density at radius 3 is 2.42 bits per heavy atom. The normalized spacial score (nSPS) is 15.4. The Morgan fingerprint density at radius 2 is 1.76 bits per heavy atom. The molecule has 2 aromatic carbocycles. The largest absolute Gasteiger partial charge is 0.463 e. The van der Waals surface area contributed by atoms with E-state index in [0.717, 1.165) is 33.8 Å². The van der Waals surface area contributed by atoms with E-state index in [9.17, 15) is 9.59 Å². The number of fused-ring (bicyclic) bond motifs is 1. The monoisotopic (exact) mass is 545 g/mol. The van der Waals surface area contributed by atoms with Crippen LogP contribution in [-0.2, 0) is 9.53 Å². The molecule has 2 aromatic heterocycles. The van der Waals surface area contributed by atoms with Crippen LogP contribution in [0.25, 0.3) is 11.8 Å². The number of aromatic nitrogens is 2. The van der Waals surface area contributed by atoms with Crippen LogP contribution < -0.4 is 14.9 Å². The van der Waals surface area contributed by atoms with Gasteiger partial charge < -0.3 is 9.30 Å². The standard InChI is InChI=1S/C30H28ClN3O3S/c1-6-37-29(36)26-19(4)32-30-34(27(26)21-9-7-17(2)8-10-21)28(35)25(38-30)16-22-15-18(3)33(20(22)5)24-13-11-23(31)12-14-24/h7-16,27H,6H2,1-5H3/b25-16-/t27-/m1/s1. The van der Waals surface area contributed by atoms with E-state index in [0.29, 0.717) is 25.6 Å². The van der Waals surface area contributed by atoms with E-state index in [1.165, 1.54) is 11.3 Å². The van der Waals surface area contributed by atoms with Crippen molar-refractivity contribution in [3.8, 4) is 5.69 Å². The molecule has 0 aliphatic carbocycles. The van der Waals surface area contributed by atoms with Gasteiger partial charge >= 0.3 is 5.97 Å². The Hall–Kier alpha value is -3.68. The minimum Gasteiger partial charge on any atom is -0.463 e. The average molecular weight is 546 g/mol. The van der Waals surface area contributed by atoms with Crippen molar-refractivity contribution in [3.63, 3.8) is 0 Å². The summed E-state index contributed by atoms with van der Waals surface area (Å²) in [5.74, 6) is -0.458. The van der Waals surface area contributed by atoms with E-state index in [2.05, 4.69) is 15.6 Å². The lowest BCUT2D eigenvalue weighted by atomic mass is 9.95. The summed E-state index contributed by atoms with van der Waals surface area (Å²) in [6, 6.07) is 17.0. The number of halogens is 1. The van der Waals surface area contributed by atoms with Gasteiger partial charge in [0, 0.05) is 22.1 Å². The Morgan fingerprint density at radius 1 is 1.08 bits per heavy atom. The third-order valence-electron chi connectivity index (χ3n) is 6.75. The van der Waals surface area contributed by atoms with Gasteiger partial charge in [-0.3, -0.25) is 9.36 Å². The number of allylic oxidation sites excluding steroid dienone is 1. The van der Waals surface area contributed by atoms with Gasteiger partial charge in [0.05, 0.1) is 28.5 Å². The highest BCUT2D eigenvalue weighted by Crippen LogP contribution is 2.31. The van der Waals surface area contributed by atoms with E-state index in [1.807, 2.05) is 75.4 Å². The fourth-order valence-electron chi connectivity index (χ4n) is 4.92. The molecule has 38 heavy (non-hydrogen) atoms. The van der Waals surface area contributed by atoms with Gasteiger partial charge in [0.15, 0.2) is 4.80 Å². The number of ether oxygens (including phenoxy) is 1. The summed E-state index contributed by atoms with van der Waals surface area (Å²) in [7, 11) is 0. The first-order valence-corrected chi connectivity index (χ1v) is 13.6. The zero-order valence-corrected chi connectivity index (χ0v) is 23.5. The Kier molecular flexibility index (Phi) is 6.99. The predicted octanol–water partition coefficient (Wildman–Crippen LogP) is 5.17. The number of aryl methyl sites for hydroxylation is 2. The Balaban J connectivity index is 1.68. The first kappa shape index (κ1) is 25.9. The molecule has 194 valence electrons. The zero-order valence-electron chi connectivity index (χ0n) is 21.9. The number of hydrogen-bond acceptors (Lipinski definition) is 5. The smallest absolute Gasteiger partial charge is 0.338 e. The lowest BCUT2D eigenvalue weighted by Crippen LogP contribution is -2.39. The molecule has 0 saturated carbocycles. The summed E-state index contributed by atoms with van der Waals surface area (Å²) in [5.41, 5.74) is 6.67. The first-order chi connectivity index (χ1) is 18.2. The van der Waals surface area contributed by atoms with Crippen LogP contribution in [0.15, 0.2) is 75.7 Å². The van der Waals surface area contributed by atoms with Gasteiger partial charge in [-0.15, -0.1) is 0 Å². The second-order valence-corrected chi connectivity index (χ2v) is 10.8. The molecule has 8 heteroatoms. The number of esters is 1. The summed E-state index contributed by atoms with van der Waals surface area (Å²) >= 11 is 7.41. The van der Waals surface area contributed by atoms with Crippen molar-refractivity contribution >= 4 is 35.0 Å². The van der Waals surface area contributed by atoms with Crippen molar-refractivity contribution in [1.82, 2.24) is 9.13 Å². The number of carbonyl (C=O) groups is 1. The predicted molar refractivity (Wildman–Crippen MR) is 152 cm³/mol. The quantitative estimate of drug-likeness (QED) is 0.325. The SMILES string of the molecule is CCOC(=O)C1=C(C)N=c2s/c(=C\c3cc(C)n(-c4ccc(Cl)cc4)c3C)c(=O)n2[C@@H]1c1ccc(C)cc1. The van der Waals surface area contributed by atoms with Crippen LogP contribution in [0.4, 0.5) is 0 Å². The number of carbonyl (C=O) groups excluding carboxylic acids is 1. The molecule has 0 spiro atoms. The molecule has 0 amide bonds. The summed E-state index contributed by atoms with van der Waals surface area (Å²) in [4.78, 5) is 32.2. The molecule has 0 radical (unpaired) electrons. The van der Waals surface area contributed by atoms with Crippen LogP contribution >= 0.6 is 22.9 Å². The minimum absolute atomic E-state index is 0.190. The van der Waals surface area contributed by atoms with Crippen LogP contribution in [0, 0.1) is 20.8 Å². The second-order valence-electron chi connectivity index (χ2n) is 9.35. The maximum Gasteiger partial charge on any atom is 0.338 e. The summed E-state index contributed by atoms with van der Waals surface area (Å²) < 4.78 is 9.69. The highest BCUT2D eigenvalue weighted by Gasteiger charge is 2.33. The van der Waals surface area contributed by atoms with Gasteiger partial charge in [0.2, 0.25) is 0 Å². The van der Waals surface area contributed by atoms with Gasteiger partial charge in [0.25, 0.3) is 5.56 Å². The van der Waals surface area contributed by atoms with Crippen LogP contribution in [0.2, 0.25) is 5.02 Å². The van der Waals surface area contributed by atoms with E-state index >= 15 is 0 Å². The van der Waals surface area contributed by atoms with Crippen LogP contribution in [0.5, 0.6) is 0 Å². The first-order valence-electron chi connectivity index (χ1n) is 12.4. The van der Waals surface area contributed by atoms with E-state index < -0.39 is 12.0 Å². The summed E-state index contributed by atoms with van der Waals surface area (Å²) in [6.45, 7) is 9.87. The maximum absolute atomic E-state index is 13.9. The molecule has 0 unspecified atom stereocenters. The lowest BCUT2D eigenvalue weighted by Gasteiger charge is -2.24. The van der Waals surface area contributed by atoms with Gasteiger partial charge in [-0.1, -0.05) is 52.8 Å². The molecule has 6 nitrogen and oxygen atoms in total. The molecule has 3 heterocycles. The topological polar surface area (TPSA) is 65.6 Å². The molecule has 0 saturated heterocycles. The van der Waals surface area contributed by atoms with Crippen LogP contribution in [-0.4, -0.2) is 21.7 Å². The number of thiazole rings is 1. The van der Waals surface area contributed by atoms with Crippen molar-refractivity contribution in [3.05, 3.63) is 119 Å². The molecule has 5 rings (SSSR count). The summed E-state index contributed by atoms with van der Waals surface area (Å²) in [6.07, 6.45) is 1.91. The van der Waals surface area contributed by atoms with Gasteiger partial charge in [-0.25, -0.2) is 9.79 Å². The number of nitrogens with zero attached hydrogens (tertiary/aromatic N) is 3. The number of hydrogen-bond donors (Lipinski definition) is 0.